The Bertz CT molecular complexity index is 951. The van der Waals surface area contributed by atoms with E-state index in [1.54, 1.807) is 0 Å². The molecule has 0 unspecified atom stereocenters. The van der Waals surface area contributed by atoms with Crippen LogP contribution in [-0.2, 0) is 19.1 Å². The Labute approximate surface area is 242 Å². The van der Waals surface area contributed by atoms with E-state index in [1.807, 2.05) is 0 Å². The maximum Gasteiger partial charge on any atom is 0.346 e. The normalized spacial score (nSPS) is 14.4. The van der Waals surface area contributed by atoms with Gasteiger partial charge in [-0.1, -0.05) is 118 Å². The van der Waals surface area contributed by atoms with Gasteiger partial charge in [-0.05, 0) is 33.2 Å². The van der Waals surface area contributed by atoms with E-state index in [9.17, 15) is 9.59 Å². The van der Waals surface area contributed by atoms with E-state index in [2.05, 4.69) is 106 Å². The number of ether oxygens (including phenoxy) is 2. The number of rotatable bonds is 8. The highest BCUT2D eigenvalue weighted by Crippen LogP contribution is 2.51. The first-order valence-corrected chi connectivity index (χ1v) is 19.7. The molecule has 0 bridgehead atoms. The van der Waals surface area contributed by atoms with Crippen molar-refractivity contribution < 1.29 is 19.1 Å². The summed E-state index contributed by atoms with van der Waals surface area (Å²) in [5.74, 6) is 6.01. The molecule has 0 aliphatic carbocycles. The van der Waals surface area contributed by atoms with Crippen LogP contribution in [0.5, 0.6) is 0 Å². The van der Waals surface area contributed by atoms with Crippen molar-refractivity contribution in [2.75, 3.05) is 14.2 Å². The maximum atomic E-state index is 12.6. The van der Waals surface area contributed by atoms with Crippen LogP contribution in [0.15, 0.2) is 19.6 Å². The summed E-state index contributed by atoms with van der Waals surface area (Å²) < 4.78 is 10.7. The van der Waals surface area contributed by atoms with Crippen LogP contribution < -0.4 is 0 Å². The van der Waals surface area contributed by atoms with Crippen molar-refractivity contribution in [1.29, 1.82) is 0 Å². The van der Waals surface area contributed by atoms with E-state index in [1.165, 1.54) is 37.7 Å². The van der Waals surface area contributed by atoms with Gasteiger partial charge in [0.1, 0.15) is 26.0 Å². The van der Waals surface area contributed by atoms with Gasteiger partial charge in [0.15, 0.2) is 0 Å². The standard InChI is InChI=1S/C30H48O4S2Si2/c1-19(2)37(20(3)4,21(5)6)17-15-25(16-18-38(22(7)8,23(9)10)24(11)12)30-35-26(28(31)33-13)27(36-30)29(32)34-14/h19-24H,1-14H3. The van der Waals surface area contributed by atoms with Gasteiger partial charge in [-0.15, -0.1) is 11.1 Å². The first kappa shape index (κ1) is 34.7. The Kier molecular flexibility index (Phi) is 13.1. The highest BCUT2D eigenvalue weighted by molar-refractivity contribution is 8.29. The average Bonchev–Trinajstić information content (AvgIpc) is 3.26. The molecule has 0 aromatic rings. The molecular formula is C30H48O4S2Si2. The monoisotopic (exact) mass is 592 g/mol. The van der Waals surface area contributed by atoms with Gasteiger partial charge < -0.3 is 9.47 Å². The van der Waals surface area contributed by atoms with Crippen molar-refractivity contribution in [2.45, 2.75) is 116 Å². The highest BCUT2D eigenvalue weighted by Gasteiger charge is 2.43. The summed E-state index contributed by atoms with van der Waals surface area (Å²) in [4.78, 5) is 25.6. The van der Waals surface area contributed by atoms with Crippen molar-refractivity contribution in [3.8, 4) is 22.9 Å². The van der Waals surface area contributed by atoms with Gasteiger partial charge in [0.25, 0.3) is 0 Å². The Morgan fingerprint density at radius 2 is 0.842 bits per heavy atom. The van der Waals surface area contributed by atoms with Crippen LogP contribution in [0.2, 0.25) is 33.2 Å². The van der Waals surface area contributed by atoms with E-state index >= 15 is 0 Å². The van der Waals surface area contributed by atoms with Crippen molar-refractivity contribution in [3.05, 3.63) is 19.6 Å². The highest BCUT2D eigenvalue weighted by atomic mass is 32.2. The molecule has 212 valence electrons. The van der Waals surface area contributed by atoms with E-state index in [0.717, 1.165) is 4.24 Å². The van der Waals surface area contributed by atoms with Gasteiger partial charge in [0.2, 0.25) is 0 Å². The Morgan fingerprint density at radius 1 is 0.579 bits per heavy atom. The molecule has 1 rings (SSSR count). The van der Waals surface area contributed by atoms with Crippen LogP contribution in [0.25, 0.3) is 0 Å². The zero-order valence-corrected chi connectivity index (χ0v) is 29.5. The molecule has 8 heteroatoms. The summed E-state index contributed by atoms with van der Waals surface area (Å²) in [5.41, 5.74) is 11.2. The van der Waals surface area contributed by atoms with Gasteiger partial charge in [-0.3, -0.25) is 0 Å². The fourth-order valence-electron chi connectivity index (χ4n) is 6.20. The van der Waals surface area contributed by atoms with Gasteiger partial charge >= 0.3 is 11.9 Å². The van der Waals surface area contributed by atoms with Gasteiger partial charge in [0, 0.05) is 0 Å². The summed E-state index contributed by atoms with van der Waals surface area (Å²) in [7, 11) is -1.44. The number of thioether (sulfide) groups is 2. The lowest BCUT2D eigenvalue weighted by Gasteiger charge is -2.38. The van der Waals surface area contributed by atoms with Crippen LogP contribution in [0.4, 0.5) is 0 Å². The van der Waals surface area contributed by atoms with Gasteiger partial charge in [-0.2, -0.15) is 0 Å². The van der Waals surface area contributed by atoms with Crippen LogP contribution >= 0.6 is 23.5 Å². The van der Waals surface area contributed by atoms with Gasteiger partial charge in [-0.25, -0.2) is 9.59 Å². The van der Waals surface area contributed by atoms with Crippen LogP contribution in [0.3, 0.4) is 0 Å². The molecular weight excluding hydrogens is 545 g/mol. The van der Waals surface area contributed by atoms with E-state index in [0.29, 0.717) is 38.8 Å². The molecule has 0 atom stereocenters. The summed E-state index contributed by atoms with van der Waals surface area (Å²) in [6.07, 6.45) is 0. The quantitative estimate of drug-likeness (QED) is 0.160. The number of hydrogen-bond donors (Lipinski definition) is 0. The summed E-state index contributed by atoms with van der Waals surface area (Å²) >= 11 is 2.46. The molecule has 1 aliphatic heterocycles. The third-order valence-corrected chi connectivity index (χ3v) is 23.2. The molecule has 1 heterocycles. The lowest BCUT2D eigenvalue weighted by atomic mass is 10.3. The third-order valence-electron chi connectivity index (χ3n) is 8.08. The van der Waals surface area contributed by atoms with Crippen molar-refractivity contribution in [3.63, 3.8) is 0 Å². The fraction of sp³-hybridized carbons (Fsp3) is 0.667. The minimum atomic E-state index is -2.04. The van der Waals surface area contributed by atoms with Crippen LogP contribution in [0.1, 0.15) is 83.1 Å². The molecule has 0 aromatic heterocycles. The second-order valence-corrected chi connectivity index (χ2v) is 25.3. The van der Waals surface area contributed by atoms with Crippen molar-refractivity contribution in [2.24, 2.45) is 0 Å². The molecule has 0 radical (unpaired) electrons. The summed E-state index contributed by atoms with van der Waals surface area (Å²) in [6.45, 7) is 27.5. The number of hydrogen-bond acceptors (Lipinski definition) is 6. The first-order chi connectivity index (χ1) is 17.5. The van der Waals surface area contributed by atoms with E-state index < -0.39 is 28.1 Å². The number of carbonyl (C=O) groups is 2. The second kappa shape index (κ2) is 14.3. The molecule has 0 aromatic carbocycles. The molecule has 0 spiro atoms. The van der Waals surface area contributed by atoms with Gasteiger partial charge in [0.05, 0.1) is 24.0 Å². The third kappa shape index (κ3) is 7.05. The molecule has 0 N–H and O–H groups in total. The predicted octanol–water partition coefficient (Wildman–Crippen LogP) is 8.68. The Morgan fingerprint density at radius 3 is 1.05 bits per heavy atom. The molecule has 0 fully saturated rings. The van der Waals surface area contributed by atoms with Crippen molar-refractivity contribution >= 4 is 51.6 Å². The zero-order valence-electron chi connectivity index (χ0n) is 25.9. The predicted molar refractivity (Wildman–Crippen MR) is 171 cm³/mol. The zero-order chi connectivity index (χ0) is 29.6. The average molecular weight is 593 g/mol. The van der Waals surface area contributed by atoms with E-state index in [4.69, 9.17) is 9.47 Å². The Balaban J connectivity index is 4.03. The maximum absolute atomic E-state index is 12.6. The molecule has 0 saturated heterocycles. The fourth-order valence-corrected chi connectivity index (χ4v) is 19.0. The van der Waals surface area contributed by atoms with Crippen LogP contribution in [0, 0.1) is 22.9 Å². The van der Waals surface area contributed by atoms with E-state index in [-0.39, 0.29) is 9.81 Å². The first-order valence-electron chi connectivity index (χ1n) is 13.6. The lowest BCUT2D eigenvalue weighted by Crippen LogP contribution is -2.43. The topological polar surface area (TPSA) is 52.6 Å². The van der Waals surface area contributed by atoms with Crippen LogP contribution in [-0.4, -0.2) is 42.3 Å². The molecule has 4 nitrogen and oxygen atoms in total. The molecule has 38 heavy (non-hydrogen) atoms. The lowest BCUT2D eigenvalue weighted by molar-refractivity contribution is -0.138. The minimum Gasteiger partial charge on any atom is -0.465 e. The molecule has 1 aliphatic rings. The van der Waals surface area contributed by atoms with Crippen molar-refractivity contribution in [1.82, 2.24) is 0 Å². The second-order valence-electron chi connectivity index (χ2n) is 11.8. The smallest absolute Gasteiger partial charge is 0.346 e. The Hall–Kier alpha value is -1.33. The summed E-state index contributed by atoms with van der Waals surface area (Å²) in [6, 6.07) is 0. The number of allylic oxidation sites excluding steroid dienone is 1. The number of carbonyl (C=O) groups excluding carboxylic acids is 2. The number of esters is 2. The minimum absolute atomic E-state index is 0.237. The largest absolute Gasteiger partial charge is 0.465 e. The summed E-state index contributed by atoms with van der Waals surface area (Å²) in [5, 5.41) is 0. The molecule has 0 amide bonds. The molecule has 0 saturated carbocycles. The number of methoxy groups -OCH3 is 2. The SMILES string of the molecule is COC(=O)C1=C(C(=O)OC)SC(=C(C#C[Si](C(C)C)(C(C)C)C(C)C)C#C[Si](C(C)C)(C(C)C)C(C)C)S1.